The van der Waals surface area contributed by atoms with Crippen molar-refractivity contribution in [3.8, 4) is 11.1 Å². The van der Waals surface area contributed by atoms with Gasteiger partial charge in [0, 0.05) is 38.7 Å². The SMILES string of the molecule is c1ccc(CCc2ccc3cc(Nc4cc5[nH]c6ccccc6c5cc4-c4ccccc4)ccc3c2)cc1. The summed E-state index contributed by atoms with van der Waals surface area (Å²) in [6.45, 7) is 0. The molecule has 0 aliphatic carbocycles. The fourth-order valence-corrected chi connectivity index (χ4v) is 5.48. The van der Waals surface area contributed by atoms with Gasteiger partial charge >= 0.3 is 0 Å². The second kappa shape index (κ2) is 9.57. The van der Waals surface area contributed by atoms with Crippen LogP contribution in [-0.2, 0) is 12.8 Å². The molecule has 1 heterocycles. The van der Waals surface area contributed by atoms with Crippen LogP contribution >= 0.6 is 0 Å². The summed E-state index contributed by atoms with van der Waals surface area (Å²) in [5.41, 5.74) is 9.62. The lowest BCUT2D eigenvalue weighted by Crippen LogP contribution is -1.95. The summed E-state index contributed by atoms with van der Waals surface area (Å²) in [6, 6.07) is 47.9. The van der Waals surface area contributed by atoms with Gasteiger partial charge in [-0.1, -0.05) is 103 Å². The highest BCUT2D eigenvalue weighted by molar-refractivity contribution is 6.10. The maximum atomic E-state index is 3.74. The molecule has 2 N–H and O–H groups in total. The summed E-state index contributed by atoms with van der Waals surface area (Å²) in [5, 5.41) is 8.75. The molecule has 6 aromatic carbocycles. The van der Waals surface area contributed by atoms with E-state index in [0.29, 0.717) is 0 Å². The number of anilines is 2. The number of benzene rings is 6. The summed E-state index contributed by atoms with van der Waals surface area (Å²) in [5.74, 6) is 0. The van der Waals surface area contributed by atoms with E-state index in [1.54, 1.807) is 0 Å². The van der Waals surface area contributed by atoms with Crippen LogP contribution in [0, 0.1) is 0 Å². The molecule has 0 aliphatic heterocycles. The minimum atomic E-state index is 1.05. The molecule has 7 rings (SSSR count). The average molecular weight is 489 g/mol. The Hall–Kier alpha value is -4.82. The number of para-hydroxylation sites is 1. The number of aryl methyl sites for hydroxylation is 2. The maximum Gasteiger partial charge on any atom is 0.0486 e. The molecule has 0 saturated carbocycles. The van der Waals surface area contributed by atoms with E-state index in [1.807, 2.05) is 0 Å². The predicted octanol–water partition coefficient (Wildman–Crippen LogP) is 9.67. The minimum Gasteiger partial charge on any atom is -0.355 e. The Kier molecular flexibility index (Phi) is 5.64. The number of fused-ring (bicyclic) bond motifs is 4. The minimum absolute atomic E-state index is 1.05. The normalized spacial score (nSPS) is 11.4. The topological polar surface area (TPSA) is 27.8 Å². The molecular weight excluding hydrogens is 460 g/mol. The van der Waals surface area contributed by atoms with Crippen LogP contribution in [0.4, 0.5) is 11.4 Å². The molecule has 0 radical (unpaired) electrons. The number of hydrogen-bond acceptors (Lipinski definition) is 1. The molecule has 0 fully saturated rings. The van der Waals surface area contributed by atoms with Crippen molar-refractivity contribution in [1.29, 1.82) is 0 Å². The van der Waals surface area contributed by atoms with E-state index < -0.39 is 0 Å². The molecule has 182 valence electrons. The number of rotatable bonds is 6. The lowest BCUT2D eigenvalue weighted by Gasteiger charge is -2.14. The maximum absolute atomic E-state index is 3.74. The van der Waals surface area contributed by atoms with Crippen LogP contribution in [0.5, 0.6) is 0 Å². The molecule has 0 amide bonds. The van der Waals surface area contributed by atoms with E-state index in [4.69, 9.17) is 0 Å². The fraction of sp³-hybridized carbons (Fsp3) is 0.0556. The Morgan fingerprint density at radius 1 is 0.500 bits per heavy atom. The van der Waals surface area contributed by atoms with Gasteiger partial charge in [0.05, 0.1) is 0 Å². The Labute approximate surface area is 222 Å². The molecule has 1 aromatic heterocycles. The molecular formula is C36H28N2. The lowest BCUT2D eigenvalue weighted by atomic mass is 9.99. The van der Waals surface area contributed by atoms with Crippen LogP contribution in [-0.4, -0.2) is 4.98 Å². The average Bonchev–Trinajstić information content (AvgIpc) is 3.34. The van der Waals surface area contributed by atoms with Crippen molar-refractivity contribution in [1.82, 2.24) is 4.98 Å². The van der Waals surface area contributed by atoms with Crippen molar-refractivity contribution in [3.05, 3.63) is 145 Å². The van der Waals surface area contributed by atoms with Gasteiger partial charge in [-0.25, -0.2) is 0 Å². The third kappa shape index (κ3) is 4.31. The summed E-state index contributed by atoms with van der Waals surface area (Å²) in [6.07, 6.45) is 2.11. The van der Waals surface area contributed by atoms with Gasteiger partial charge < -0.3 is 10.3 Å². The smallest absolute Gasteiger partial charge is 0.0486 e. The highest BCUT2D eigenvalue weighted by Crippen LogP contribution is 2.37. The van der Waals surface area contributed by atoms with Crippen molar-refractivity contribution in [2.24, 2.45) is 0 Å². The van der Waals surface area contributed by atoms with Gasteiger partial charge in [0.2, 0.25) is 0 Å². The number of aromatic nitrogens is 1. The first-order valence-corrected chi connectivity index (χ1v) is 13.2. The lowest BCUT2D eigenvalue weighted by molar-refractivity contribution is 0.962. The second-order valence-corrected chi connectivity index (χ2v) is 9.99. The van der Waals surface area contributed by atoms with Crippen LogP contribution < -0.4 is 5.32 Å². The highest BCUT2D eigenvalue weighted by atomic mass is 14.9. The first kappa shape index (κ1) is 22.4. The van der Waals surface area contributed by atoms with Crippen molar-refractivity contribution in [2.75, 3.05) is 5.32 Å². The van der Waals surface area contributed by atoms with Gasteiger partial charge in [0.1, 0.15) is 0 Å². The molecule has 0 atom stereocenters. The van der Waals surface area contributed by atoms with Gasteiger partial charge in [-0.15, -0.1) is 0 Å². The van der Waals surface area contributed by atoms with Crippen molar-refractivity contribution < 1.29 is 0 Å². The van der Waals surface area contributed by atoms with Gasteiger partial charge in [-0.2, -0.15) is 0 Å². The van der Waals surface area contributed by atoms with E-state index >= 15 is 0 Å². The Morgan fingerprint density at radius 2 is 1.21 bits per heavy atom. The molecule has 38 heavy (non-hydrogen) atoms. The molecule has 2 heteroatoms. The molecule has 0 spiro atoms. The van der Waals surface area contributed by atoms with Crippen LogP contribution in [0.2, 0.25) is 0 Å². The van der Waals surface area contributed by atoms with Gasteiger partial charge in [-0.05, 0) is 70.6 Å². The number of nitrogens with one attached hydrogen (secondary N) is 2. The summed E-state index contributed by atoms with van der Waals surface area (Å²) in [4.78, 5) is 3.60. The zero-order valence-corrected chi connectivity index (χ0v) is 21.1. The van der Waals surface area contributed by atoms with Crippen LogP contribution in [0.1, 0.15) is 11.1 Å². The zero-order valence-electron chi connectivity index (χ0n) is 21.1. The van der Waals surface area contributed by atoms with E-state index in [2.05, 4.69) is 144 Å². The van der Waals surface area contributed by atoms with Crippen molar-refractivity contribution >= 4 is 44.0 Å². The van der Waals surface area contributed by atoms with Gasteiger partial charge in [-0.3, -0.25) is 0 Å². The second-order valence-electron chi connectivity index (χ2n) is 9.99. The number of H-pyrrole nitrogens is 1. The fourth-order valence-electron chi connectivity index (χ4n) is 5.48. The van der Waals surface area contributed by atoms with Crippen molar-refractivity contribution in [2.45, 2.75) is 12.8 Å². The van der Waals surface area contributed by atoms with E-state index in [1.165, 1.54) is 43.8 Å². The van der Waals surface area contributed by atoms with Crippen LogP contribution in [0.3, 0.4) is 0 Å². The quantitative estimate of drug-likeness (QED) is 0.240. The number of hydrogen-bond donors (Lipinski definition) is 2. The molecule has 0 aliphatic rings. The summed E-state index contributed by atoms with van der Waals surface area (Å²) in [7, 11) is 0. The molecule has 0 unspecified atom stereocenters. The van der Waals surface area contributed by atoms with Gasteiger partial charge in [0.25, 0.3) is 0 Å². The standard InChI is InChI=1S/C36H28N2/c1-3-9-25(10-4-1)15-16-26-17-18-29-22-30(20-19-28(29)21-26)37-35-24-36-33(31-13-7-8-14-34(31)38-36)23-32(35)27-11-5-2-6-12-27/h1-14,17-24,37-38H,15-16H2. The monoisotopic (exact) mass is 488 g/mol. The largest absolute Gasteiger partial charge is 0.355 e. The third-order valence-electron chi connectivity index (χ3n) is 7.46. The molecule has 0 saturated heterocycles. The van der Waals surface area contributed by atoms with Crippen LogP contribution in [0.15, 0.2) is 133 Å². The van der Waals surface area contributed by atoms with Crippen LogP contribution in [0.25, 0.3) is 43.7 Å². The summed E-state index contributed by atoms with van der Waals surface area (Å²) < 4.78 is 0. The Morgan fingerprint density at radius 3 is 2.08 bits per heavy atom. The number of aromatic amines is 1. The van der Waals surface area contributed by atoms with Gasteiger partial charge in [0.15, 0.2) is 0 Å². The van der Waals surface area contributed by atoms with E-state index in [-0.39, 0.29) is 0 Å². The van der Waals surface area contributed by atoms with E-state index in [9.17, 15) is 0 Å². The zero-order chi connectivity index (χ0) is 25.3. The first-order chi connectivity index (χ1) is 18.8. The predicted molar refractivity (Wildman–Crippen MR) is 162 cm³/mol. The van der Waals surface area contributed by atoms with Crippen molar-refractivity contribution in [3.63, 3.8) is 0 Å². The molecule has 2 nitrogen and oxygen atoms in total. The molecule has 0 bridgehead atoms. The third-order valence-corrected chi connectivity index (χ3v) is 7.46. The Bertz CT molecular complexity index is 1880. The Balaban J connectivity index is 1.23. The molecule has 7 aromatic rings. The van der Waals surface area contributed by atoms with E-state index in [0.717, 1.165) is 35.2 Å². The first-order valence-electron chi connectivity index (χ1n) is 13.2. The summed E-state index contributed by atoms with van der Waals surface area (Å²) >= 11 is 0. The highest BCUT2D eigenvalue weighted by Gasteiger charge is 2.12.